The molecular weight excluding hydrogens is 336 g/mol. The topological polar surface area (TPSA) is 66.5 Å². The number of carbonyl (C=O) groups is 1. The average molecular weight is 365 g/mol. The van der Waals surface area contributed by atoms with E-state index >= 15 is 0 Å². The fourth-order valence-electron chi connectivity index (χ4n) is 3.73. The lowest BCUT2D eigenvalue weighted by Gasteiger charge is -2.28. The van der Waals surface area contributed by atoms with Crippen LogP contribution in [0.5, 0.6) is 0 Å². The molecule has 1 saturated heterocycles. The lowest BCUT2D eigenvalue weighted by molar-refractivity contribution is 0.0930. The summed E-state index contributed by atoms with van der Waals surface area (Å²) in [5.74, 6) is 0.148. The molecular formula is C19H28N2O3S. The van der Waals surface area contributed by atoms with Crippen LogP contribution in [0.4, 0.5) is 5.69 Å². The zero-order chi connectivity index (χ0) is 17.7. The number of rotatable bonds is 3. The molecule has 1 saturated carbocycles. The van der Waals surface area contributed by atoms with Crippen molar-refractivity contribution in [3.8, 4) is 0 Å². The van der Waals surface area contributed by atoms with Crippen LogP contribution in [0.2, 0.25) is 0 Å². The van der Waals surface area contributed by atoms with Gasteiger partial charge in [0.25, 0.3) is 5.91 Å². The highest BCUT2D eigenvalue weighted by Gasteiger charge is 2.26. The Bertz CT molecular complexity index is 677. The van der Waals surface area contributed by atoms with Gasteiger partial charge in [0.15, 0.2) is 0 Å². The molecule has 0 aromatic heterocycles. The molecule has 1 aromatic carbocycles. The second kappa shape index (κ2) is 8.21. The maximum Gasteiger partial charge on any atom is 0.251 e. The van der Waals surface area contributed by atoms with Crippen LogP contribution in [0.3, 0.4) is 0 Å². The number of nitrogens with zero attached hydrogens (tertiary/aromatic N) is 1. The summed E-state index contributed by atoms with van der Waals surface area (Å²) in [4.78, 5) is 12.5. The molecule has 1 N–H and O–H groups in total. The normalized spacial score (nSPS) is 22.0. The summed E-state index contributed by atoms with van der Waals surface area (Å²) in [6, 6.07) is 7.22. The minimum atomic E-state index is -3.21. The van der Waals surface area contributed by atoms with E-state index in [0.29, 0.717) is 17.8 Å². The van der Waals surface area contributed by atoms with Crippen LogP contribution >= 0.6 is 0 Å². The maximum absolute atomic E-state index is 12.5. The van der Waals surface area contributed by atoms with Crippen molar-refractivity contribution >= 4 is 21.6 Å². The molecule has 0 atom stereocenters. The van der Waals surface area contributed by atoms with Gasteiger partial charge in [-0.15, -0.1) is 0 Å². The van der Waals surface area contributed by atoms with Crippen LogP contribution < -0.4 is 9.62 Å². The number of nitrogens with one attached hydrogen (secondary N) is 1. The van der Waals surface area contributed by atoms with Crippen molar-refractivity contribution in [1.29, 1.82) is 0 Å². The number of anilines is 1. The fraction of sp³-hybridized carbons (Fsp3) is 0.632. The SMILES string of the molecule is O=C(NC1CCCCCCC1)c1ccc(N2CCCCS2(=O)=O)cc1. The van der Waals surface area contributed by atoms with Gasteiger partial charge in [0.2, 0.25) is 10.0 Å². The number of sulfonamides is 1. The monoisotopic (exact) mass is 364 g/mol. The average Bonchev–Trinajstić information content (AvgIpc) is 2.57. The molecule has 5 nitrogen and oxygen atoms in total. The molecule has 1 aliphatic heterocycles. The van der Waals surface area contributed by atoms with Crippen LogP contribution in [-0.4, -0.2) is 32.7 Å². The summed E-state index contributed by atoms with van der Waals surface area (Å²) in [5.41, 5.74) is 1.25. The summed E-state index contributed by atoms with van der Waals surface area (Å²) < 4.78 is 25.8. The maximum atomic E-state index is 12.5. The van der Waals surface area contributed by atoms with Gasteiger partial charge in [-0.2, -0.15) is 0 Å². The third-order valence-corrected chi connectivity index (χ3v) is 7.08. The van der Waals surface area contributed by atoms with E-state index in [9.17, 15) is 13.2 Å². The number of benzene rings is 1. The first-order chi connectivity index (χ1) is 12.1. The first-order valence-corrected chi connectivity index (χ1v) is 11.1. The molecule has 2 aliphatic rings. The molecule has 1 aromatic rings. The minimum Gasteiger partial charge on any atom is -0.349 e. The lowest BCUT2D eigenvalue weighted by Crippen LogP contribution is -2.38. The number of carbonyl (C=O) groups excluding carboxylic acids is 1. The van der Waals surface area contributed by atoms with Gasteiger partial charge in [0.05, 0.1) is 11.4 Å². The Morgan fingerprint density at radius 1 is 0.920 bits per heavy atom. The third-order valence-electron chi connectivity index (χ3n) is 5.21. The Morgan fingerprint density at radius 2 is 1.56 bits per heavy atom. The third kappa shape index (κ3) is 4.75. The molecule has 0 radical (unpaired) electrons. The lowest BCUT2D eigenvalue weighted by atomic mass is 9.96. The zero-order valence-corrected chi connectivity index (χ0v) is 15.6. The highest BCUT2D eigenvalue weighted by molar-refractivity contribution is 7.92. The Labute approximate surface area is 150 Å². The molecule has 0 spiro atoms. The van der Waals surface area contributed by atoms with Crippen molar-refractivity contribution in [2.24, 2.45) is 0 Å². The first-order valence-electron chi connectivity index (χ1n) is 9.48. The first kappa shape index (κ1) is 18.2. The van der Waals surface area contributed by atoms with Crippen molar-refractivity contribution in [3.05, 3.63) is 29.8 Å². The number of amides is 1. The van der Waals surface area contributed by atoms with Gasteiger partial charge in [0.1, 0.15) is 0 Å². The molecule has 0 unspecified atom stereocenters. The summed E-state index contributed by atoms with van der Waals surface area (Å²) >= 11 is 0. The molecule has 2 fully saturated rings. The minimum absolute atomic E-state index is 0.0568. The Balaban J connectivity index is 1.64. The summed E-state index contributed by atoms with van der Waals surface area (Å²) in [5, 5.41) is 3.15. The predicted octanol–water partition coefficient (Wildman–Crippen LogP) is 3.46. The largest absolute Gasteiger partial charge is 0.349 e. The van der Waals surface area contributed by atoms with Crippen LogP contribution in [0.25, 0.3) is 0 Å². The van der Waals surface area contributed by atoms with Gasteiger partial charge in [0, 0.05) is 18.2 Å². The van der Waals surface area contributed by atoms with E-state index in [0.717, 1.165) is 25.7 Å². The van der Waals surface area contributed by atoms with Crippen molar-refractivity contribution in [2.75, 3.05) is 16.6 Å². The van der Waals surface area contributed by atoms with E-state index < -0.39 is 10.0 Å². The Hall–Kier alpha value is -1.56. The van der Waals surface area contributed by atoms with Gasteiger partial charge in [-0.3, -0.25) is 9.10 Å². The number of hydrogen-bond donors (Lipinski definition) is 1. The van der Waals surface area contributed by atoms with E-state index in [2.05, 4.69) is 5.32 Å². The van der Waals surface area contributed by atoms with Gasteiger partial charge in [-0.25, -0.2) is 8.42 Å². The second-order valence-corrected chi connectivity index (χ2v) is 9.17. The molecule has 0 bridgehead atoms. The van der Waals surface area contributed by atoms with Crippen molar-refractivity contribution < 1.29 is 13.2 Å². The molecule has 3 rings (SSSR count). The fourth-order valence-corrected chi connectivity index (χ4v) is 5.37. The second-order valence-electron chi connectivity index (χ2n) is 7.16. The van der Waals surface area contributed by atoms with Crippen molar-refractivity contribution in [2.45, 2.75) is 63.8 Å². The molecule has 1 aliphatic carbocycles. The van der Waals surface area contributed by atoms with Gasteiger partial charge < -0.3 is 5.32 Å². The van der Waals surface area contributed by atoms with E-state index in [-0.39, 0.29) is 17.7 Å². The molecule has 1 amide bonds. The van der Waals surface area contributed by atoms with E-state index in [4.69, 9.17) is 0 Å². The van der Waals surface area contributed by atoms with Gasteiger partial charge in [-0.1, -0.05) is 32.1 Å². The van der Waals surface area contributed by atoms with Crippen LogP contribution in [0, 0.1) is 0 Å². The Kier molecular flexibility index (Phi) is 5.99. The smallest absolute Gasteiger partial charge is 0.251 e. The summed E-state index contributed by atoms with van der Waals surface area (Å²) in [6.07, 6.45) is 9.88. The highest BCUT2D eigenvalue weighted by Crippen LogP contribution is 2.24. The summed E-state index contributed by atoms with van der Waals surface area (Å²) in [6.45, 7) is 0.524. The van der Waals surface area contributed by atoms with Gasteiger partial charge in [-0.05, 0) is 49.9 Å². The standard InChI is InChI=1S/C19H28N2O3S/c22-19(20-17-8-4-2-1-3-5-9-17)16-10-12-18(13-11-16)21-14-6-7-15-25(21,23)24/h10-13,17H,1-9,14-15H2,(H,20,22). The van der Waals surface area contributed by atoms with Crippen LogP contribution in [0.15, 0.2) is 24.3 Å². The molecule has 6 heteroatoms. The van der Waals surface area contributed by atoms with E-state index in [1.807, 2.05) is 0 Å². The molecule has 138 valence electrons. The van der Waals surface area contributed by atoms with Gasteiger partial charge >= 0.3 is 0 Å². The quantitative estimate of drug-likeness (QED) is 0.893. The van der Waals surface area contributed by atoms with Crippen molar-refractivity contribution in [1.82, 2.24) is 5.32 Å². The van der Waals surface area contributed by atoms with Crippen LogP contribution in [-0.2, 0) is 10.0 Å². The summed E-state index contributed by atoms with van der Waals surface area (Å²) in [7, 11) is -3.21. The molecule has 1 heterocycles. The Morgan fingerprint density at radius 3 is 2.20 bits per heavy atom. The van der Waals surface area contributed by atoms with Crippen molar-refractivity contribution in [3.63, 3.8) is 0 Å². The van der Waals surface area contributed by atoms with Crippen LogP contribution in [0.1, 0.15) is 68.1 Å². The van der Waals surface area contributed by atoms with E-state index in [1.54, 1.807) is 24.3 Å². The highest BCUT2D eigenvalue weighted by atomic mass is 32.2. The predicted molar refractivity (Wildman–Crippen MR) is 100 cm³/mol. The zero-order valence-electron chi connectivity index (χ0n) is 14.7. The molecule has 25 heavy (non-hydrogen) atoms. The van der Waals surface area contributed by atoms with E-state index in [1.165, 1.54) is 36.4 Å². The number of hydrogen-bond acceptors (Lipinski definition) is 3.